The SMILES string of the molecule is CN(Cc1cccs1)Cc1cccnc1C(N)=NO. The van der Waals surface area contributed by atoms with Crippen LogP contribution in [0.2, 0.25) is 0 Å². The van der Waals surface area contributed by atoms with Crippen molar-refractivity contribution in [3.63, 3.8) is 0 Å². The number of nitrogens with zero attached hydrogens (tertiary/aromatic N) is 3. The molecule has 0 aliphatic carbocycles. The molecular formula is C13H16N4OS. The first-order valence-electron chi connectivity index (χ1n) is 5.83. The van der Waals surface area contributed by atoms with Crippen LogP contribution in [0.4, 0.5) is 0 Å². The van der Waals surface area contributed by atoms with Gasteiger partial charge < -0.3 is 10.9 Å². The van der Waals surface area contributed by atoms with E-state index in [0.29, 0.717) is 12.2 Å². The molecule has 0 spiro atoms. The highest BCUT2D eigenvalue weighted by molar-refractivity contribution is 7.09. The Bertz CT molecular complexity index is 554. The van der Waals surface area contributed by atoms with Gasteiger partial charge in [-0.1, -0.05) is 17.3 Å². The van der Waals surface area contributed by atoms with Crippen LogP contribution in [0.1, 0.15) is 16.1 Å². The molecule has 0 unspecified atom stereocenters. The quantitative estimate of drug-likeness (QED) is 0.378. The zero-order valence-corrected chi connectivity index (χ0v) is 11.5. The van der Waals surface area contributed by atoms with E-state index in [1.54, 1.807) is 17.5 Å². The number of hydrogen-bond acceptors (Lipinski definition) is 5. The van der Waals surface area contributed by atoms with Gasteiger partial charge in [-0.25, -0.2) is 0 Å². The first-order valence-corrected chi connectivity index (χ1v) is 6.71. The van der Waals surface area contributed by atoms with Crippen molar-refractivity contribution in [3.05, 3.63) is 52.0 Å². The molecule has 0 saturated heterocycles. The third kappa shape index (κ3) is 3.52. The maximum atomic E-state index is 8.77. The first-order chi connectivity index (χ1) is 9.20. The third-order valence-electron chi connectivity index (χ3n) is 2.69. The van der Waals surface area contributed by atoms with Gasteiger partial charge in [0.2, 0.25) is 0 Å². The van der Waals surface area contributed by atoms with E-state index in [4.69, 9.17) is 10.9 Å². The highest BCUT2D eigenvalue weighted by atomic mass is 32.1. The minimum absolute atomic E-state index is 0.0418. The van der Waals surface area contributed by atoms with Crippen LogP contribution >= 0.6 is 11.3 Å². The predicted molar refractivity (Wildman–Crippen MR) is 76.2 cm³/mol. The summed E-state index contributed by atoms with van der Waals surface area (Å²) >= 11 is 1.73. The molecule has 2 aromatic rings. The fraction of sp³-hybridized carbons (Fsp3) is 0.231. The lowest BCUT2D eigenvalue weighted by Gasteiger charge is -2.17. The lowest BCUT2D eigenvalue weighted by Crippen LogP contribution is -2.22. The fourth-order valence-corrected chi connectivity index (χ4v) is 2.64. The molecule has 5 nitrogen and oxygen atoms in total. The molecule has 0 aromatic carbocycles. The lowest BCUT2D eigenvalue weighted by molar-refractivity contribution is 0.316. The monoisotopic (exact) mass is 276 g/mol. The van der Waals surface area contributed by atoms with E-state index in [1.807, 2.05) is 25.2 Å². The largest absolute Gasteiger partial charge is 0.409 e. The fourth-order valence-electron chi connectivity index (χ4n) is 1.86. The number of thiophene rings is 1. The predicted octanol–water partition coefficient (Wildman–Crippen LogP) is 1.87. The summed E-state index contributed by atoms with van der Waals surface area (Å²) in [4.78, 5) is 7.63. The summed E-state index contributed by atoms with van der Waals surface area (Å²) in [5.74, 6) is 0.0418. The van der Waals surface area contributed by atoms with Crippen LogP contribution < -0.4 is 5.73 Å². The van der Waals surface area contributed by atoms with Crippen LogP contribution in [-0.2, 0) is 13.1 Å². The normalized spacial score (nSPS) is 12.0. The van der Waals surface area contributed by atoms with Crippen molar-refractivity contribution in [2.75, 3.05) is 7.05 Å². The highest BCUT2D eigenvalue weighted by Gasteiger charge is 2.10. The van der Waals surface area contributed by atoms with Crippen LogP contribution in [0.25, 0.3) is 0 Å². The average Bonchev–Trinajstić information content (AvgIpc) is 2.91. The number of nitrogens with two attached hydrogens (primary N) is 1. The molecule has 2 heterocycles. The molecule has 0 saturated carbocycles. The smallest absolute Gasteiger partial charge is 0.189 e. The molecule has 0 aliphatic rings. The molecule has 0 bridgehead atoms. The first kappa shape index (κ1) is 13.5. The van der Waals surface area contributed by atoms with Crippen molar-refractivity contribution in [1.82, 2.24) is 9.88 Å². The van der Waals surface area contributed by atoms with Gasteiger partial charge in [-0.3, -0.25) is 9.88 Å². The van der Waals surface area contributed by atoms with Crippen molar-refractivity contribution < 1.29 is 5.21 Å². The van der Waals surface area contributed by atoms with Gasteiger partial charge in [-0.2, -0.15) is 0 Å². The van der Waals surface area contributed by atoms with Gasteiger partial charge in [-0.15, -0.1) is 11.3 Å². The van der Waals surface area contributed by atoms with Gasteiger partial charge in [-0.05, 0) is 30.1 Å². The van der Waals surface area contributed by atoms with Gasteiger partial charge in [0, 0.05) is 24.2 Å². The summed E-state index contributed by atoms with van der Waals surface area (Å²) in [6.45, 7) is 1.56. The highest BCUT2D eigenvalue weighted by Crippen LogP contribution is 2.14. The Morgan fingerprint density at radius 1 is 1.42 bits per heavy atom. The molecule has 6 heteroatoms. The van der Waals surface area contributed by atoms with Crippen molar-refractivity contribution >= 4 is 17.2 Å². The molecule has 0 radical (unpaired) electrons. The van der Waals surface area contributed by atoms with Gasteiger partial charge in [0.25, 0.3) is 0 Å². The van der Waals surface area contributed by atoms with E-state index in [2.05, 4.69) is 26.5 Å². The number of oxime groups is 1. The van der Waals surface area contributed by atoms with E-state index in [0.717, 1.165) is 12.1 Å². The van der Waals surface area contributed by atoms with Crippen molar-refractivity contribution in [2.45, 2.75) is 13.1 Å². The molecule has 19 heavy (non-hydrogen) atoms. The standard InChI is InChI=1S/C13H16N4OS/c1-17(9-11-5-3-7-19-11)8-10-4-2-6-15-12(10)13(14)16-18/h2-7,18H,8-9H2,1H3,(H2,14,16). The summed E-state index contributed by atoms with van der Waals surface area (Å²) in [6, 6.07) is 7.93. The van der Waals surface area contributed by atoms with E-state index in [-0.39, 0.29) is 5.84 Å². The maximum Gasteiger partial charge on any atom is 0.189 e. The zero-order chi connectivity index (χ0) is 13.7. The van der Waals surface area contributed by atoms with Crippen LogP contribution in [0, 0.1) is 0 Å². The Morgan fingerprint density at radius 3 is 2.95 bits per heavy atom. The number of hydrogen-bond donors (Lipinski definition) is 2. The van der Waals surface area contributed by atoms with E-state index >= 15 is 0 Å². The van der Waals surface area contributed by atoms with E-state index < -0.39 is 0 Å². The zero-order valence-electron chi connectivity index (χ0n) is 10.7. The molecule has 100 valence electrons. The average molecular weight is 276 g/mol. The minimum Gasteiger partial charge on any atom is -0.409 e. The Morgan fingerprint density at radius 2 is 2.26 bits per heavy atom. The van der Waals surface area contributed by atoms with E-state index in [9.17, 15) is 0 Å². The Balaban J connectivity index is 2.10. The molecule has 0 atom stereocenters. The van der Waals surface area contributed by atoms with Crippen LogP contribution in [0.15, 0.2) is 41.0 Å². The summed E-state index contributed by atoms with van der Waals surface area (Å²) in [5, 5.41) is 13.8. The minimum atomic E-state index is 0.0418. The third-order valence-corrected chi connectivity index (χ3v) is 3.55. The number of amidine groups is 1. The number of aromatic nitrogens is 1. The molecule has 3 N–H and O–H groups in total. The second-order valence-electron chi connectivity index (χ2n) is 4.25. The van der Waals surface area contributed by atoms with Crippen LogP contribution in [0.5, 0.6) is 0 Å². The summed E-state index contributed by atoms with van der Waals surface area (Å²) in [5.41, 5.74) is 7.10. The second-order valence-corrected chi connectivity index (χ2v) is 5.28. The molecular weight excluding hydrogens is 260 g/mol. The van der Waals surface area contributed by atoms with Crippen molar-refractivity contribution in [1.29, 1.82) is 0 Å². The second kappa shape index (κ2) is 6.31. The van der Waals surface area contributed by atoms with Gasteiger partial charge in [0.15, 0.2) is 5.84 Å². The lowest BCUT2D eigenvalue weighted by atomic mass is 10.1. The topological polar surface area (TPSA) is 74.7 Å². The Kier molecular flexibility index (Phi) is 4.48. The molecule has 0 fully saturated rings. The number of rotatable bonds is 5. The molecule has 2 aromatic heterocycles. The van der Waals surface area contributed by atoms with Crippen LogP contribution in [0.3, 0.4) is 0 Å². The van der Waals surface area contributed by atoms with Crippen molar-refractivity contribution in [2.24, 2.45) is 10.9 Å². The summed E-state index contributed by atoms with van der Waals surface area (Å²) in [7, 11) is 2.03. The Labute approximate surface area is 116 Å². The van der Waals surface area contributed by atoms with Gasteiger partial charge in [0.1, 0.15) is 5.69 Å². The van der Waals surface area contributed by atoms with Crippen LogP contribution in [-0.4, -0.2) is 28.0 Å². The summed E-state index contributed by atoms with van der Waals surface area (Å²) < 4.78 is 0. The summed E-state index contributed by atoms with van der Waals surface area (Å²) in [6.07, 6.45) is 1.64. The van der Waals surface area contributed by atoms with Gasteiger partial charge in [0.05, 0.1) is 0 Å². The van der Waals surface area contributed by atoms with Crippen molar-refractivity contribution in [3.8, 4) is 0 Å². The Hall–Kier alpha value is -1.92. The molecule has 2 rings (SSSR count). The molecule has 0 aliphatic heterocycles. The molecule has 0 amide bonds. The van der Waals surface area contributed by atoms with Gasteiger partial charge >= 0.3 is 0 Å². The van der Waals surface area contributed by atoms with E-state index in [1.165, 1.54) is 4.88 Å². The maximum absolute atomic E-state index is 8.77. The number of pyridine rings is 1.